The molecule has 1 aliphatic carbocycles. The quantitative estimate of drug-likeness (QED) is 0.834. The van der Waals surface area contributed by atoms with Gasteiger partial charge in [0.25, 0.3) is 0 Å². The van der Waals surface area contributed by atoms with Crippen molar-refractivity contribution in [1.29, 1.82) is 0 Å². The van der Waals surface area contributed by atoms with E-state index >= 15 is 0 Å². The Morgan fingerprint density at radius 1 is 1.43 bits per heavy atom. The molecule has 1 N–H and O–H groups in total. The molecule has 0 saturated heterocycles. The number of hydrogen-bond donors (Lipinski definition) is 1. The van der Waals surface area contributed by atoms with E-state index in [1.54, 1.807) is 11.3 Å². The zero-order valence-electron chi connectivity index (χ0n) is 12.4. The van der Waals surface area contributed by atoms with Gasteiger partial charge in [-0.2, -0.15) is 0 Å². The minimum absolute atomic E-state index is 0.741. The van der Waals surface area contributed by atoms with E-state index in [9.17, 15) is 0 Å². The molecule has 0 unspecified atom stereocenters. The van der Waals surface area contributed by atoms with Crippen LogP contribution in [0.2, 0.25) is 0 Å². The minimum Gasteiger partial charge on any atom is -0.354 e. The molecule has 2 aromatic rings. The van der Waals surface area contributed by atoms with Crippen LogP contribution in [0.1, 0.15) is 28.8 Å². The first-order valence-electron chi connectivity index (χ1n) is 7.25. The molecule has 2 heterocycles. The predicted molar refractivity (Wildman–Crippen MR) is 93.0 cm³/mol. The number of rotatable bonds is 6. The molecule has 0 spiro atoms. The molecule has 0 aromatic carbocycles. The lowest BCUT2D eigenvalue weighted by Gasteiger charge is -2.20. The van der Waals surface area contributed by atoms with Crippen LogP contribution in [0, 0.1) is 6.92 Å². The van der Waals surface area contributed by atoms with Crippen LogP contribution in [0.4, 0.5) is 5.82 Å². The smallest absolute Gasteiger partial charge is 0.131 e. The van der Waals surface area contributed by atoms with E-state index in [4.69, 9.17) is 0 Å². The Labute approximate surface area is 138 Å². The zero-order chi connectivity index (χ0) is 14.8. The van der Waals surface area contributed by atoms with Crippen LogP contribution in [0.15, 0.2) is 28.2 Å². The van der Waals surface area contributed by atoms with Gasteiger partial charge in [0, 0.05) is 40.6 Å². The van der Waals surface area contributed by atoms with E-state index in [1.165, 1.54) is 28.8 Å². The second kappa shape index (κ2) is 6.46. The molecule has 5 heteroatoms. The van der Waals surface area contributed by atoms with Crippen molar-refractivity contribution in [3.63, 3.8) is 0 Å². The maximum absolute atomic E-state index is 4.66. The zero-order valence-corrected chi connectivity index (χ0v) is 14.8. The van der Waals surface area contributed by atoms with Crippen molar-refractivity contribution >= 4 is 33.1 Å². The van der Waals surface area contributed by atoms with Gasteiger partial charge in [0.05, 0.1) is 6.54 Å². The largest absolute Gasteiger partial charge is 0.354 e. The summed E-state index contributed by atoms with van der Waals surface area (Å²) in [6.07, 6.45) is 4.64. The van der Waals surface area contributed by atoms with Gasteiger partial charge in [0.1, 0.15) is 5.82 Å². The van der Waals surface area contributed by atoms with Crippen molar-refractivity contribution in [2.24, 2.45) is 0 Å². The molecular weight excluding hydrogens is 346 g/mol. The number of thiophene rings is 1. The number of aryl methyl sites for hydroxylation is 1. The molecule has 0 radical (unpaired) electrons. The van der Waals surface area contributed by atoms with E-state index in [1.807, 2.05) is 6.20 Å². The van der Waals surface area contributed by atoms with E-state index in [-0.39, 0.29) is 0 Å². The lowest BCUT2D eigenvalue weighted by atomic mass is 10.2. The molecule has 1 aliphatic rings. The van der Waals surface area contributed by atoms with Gasteiger partial charge in [0.2, 0.25) is 0 Å². The summed E-state index contributed by atoms with van der Waals surface area (Å²) in [6.45, 7) is 3.97. The molecule has 1 saturated carbocycles. The number of nitrogens with zero attached hydrogens (tertiary/aromatic N) is 2. The SMILES string of the molecule is Cc1cc(CNC2CC2)cnc1N(C)Cc1cc(Br)cs1. The van der Waals surface area contributed by atoms with Crippen LogP contribution in [0.25, 0.3) is 0 Å². The Kier molecular flexibility index (Phi) is 4.62. The molecule has 21 heavy (non-hydrogen) atoms. The summed E-state index contributed by atoms with van der Waals surface area (Å²) >= 11 is 5.28. The number of pyridine rings is 1. The summed E-state index contributed by atoms with van der Waals surface area (Å²) < 4.78 is 1.15. The predicted octanol–water partition coefficient (Wildman–Crippen LogP) is 4.10. The third kappa shape index (κ3) is 4.05. The molecule has 0 bridgehead atoms. The average molecular weight is 366 g/mol. The third-order valence-corrected chi connectivity index (χ3v) is 5.34. The summed E-state index contributed by atoms with van der Waals surface area (Å²) in [6, 6.07) is 5.16. The molecule has 112 valence electrons. The summed E-state index contributed by atoms with van der Waals surface area (Å²) in [5.74, 6) is 1.06. The molecule has 3 nitrogen and oxygen atoms in total. The number of aromatic nitrogens is 1. The van der Waals surface area contributed by atoms with Gasteiger partial charge in [-0.05, 0) is 59.0 Å². The highest BCUT2D eigenvalue weighted by Crippen LogP contribution is 2.24. The topological polar surface area (TPSA) is 28.2 Å². The highest BCUT2D eigenvalue weighted by Gasteiger charge is 2.20. The van der Waals surface area contributed by atoms with Crippen molar-refractivity contribution in [2.45, 2.75) is 38.9 Å². The van der Waals surface area contributed by atoms with Crippen molar-refractivity contribution in [3.05, 3.63) is 44.2 Å². The average Bonchev–Trinajstić information content (AvgIpc) is 3.19. The van der Waals surface area contributed by atoms with E-state index < -0.39 is 0 Å². The van der Waals surface area contributed by atoms with Gasteiger partial charge in [-0.1, -0.05) is 0 Å². The summed E-state index contributed by atoms with van der Waals surface area (Å²) in [5.41, 5.74) is 2.51. The Hall–Kier alpha value is -0.910. The Morgan fingerprint density at radius 2 is 2.24 bits per heavy atom. The van der Waals surface area contributed by atoms with Crippen LogP contribution in [-0.4, -0.2) is 18.1 Å². The van der Waals surface area contributed by atoms with E-state index in [0.29, 0.717) is 0 Å². The number of halogens is 1. The van der Waals surface area contributed by atoms with Gasteiger partial charge < -0.3 is 10.2 Å². The maximum Gasteiger partial charge on any atom is 0.131 e. The van der Waals surface area contributed by atoms with E-state index in [2.05, 4.69) is 62.6 Å². The molecule has 0 atom stereocenters. The molecule has 1 fully saturated rings. The summed E-state index contributed by atoms with van der Waals surface area (Å²) in [5, 5.41) is 5.66. The molecular formula is C16H20BrN3S. The fourth-order valence-corrected chi connectivity index (χ4v) is 3.92. The first-order chi connectivity index (χ1) is 10.1. The highest BCUT2D eigenvalue weighted by molar-refractivity contribution is 9.10. The van der Waals surface area contributed by atoms with Crippen LogP contribution in [-0.2, 0) is 13.1 Å². The van der Waals surface area contributed by atoms with Crippen LogP contribution >= 0.6 is 27.3 Å². The van der Waals surface area contributed by atoms with Gasteiger partial charge in [-0.15, -0.1) is 11.3 Å². The van der Waals surface area contributed by atoms with Gasteiger partial charge in [-0.25, -0.2) is 4.98 Å². The number of anilines is 1. The first kappa shape index (κ1) is 15.0. The summed E-state index contributed by atoms with van der Waals surface area (Å²) in [4.78, 5) is 8.21. The summed E-state index contributed by atoms with van der Waals surface area (Å²) in [7, 11) is 2.10. The monoisotopic (exact) mass is 365 g/mol. The second-order valence-corrected chi connectivity index (χ2v) is 7.64. The van der Waals surface area contributed by atoms with Crippen molar-refractivity contribution in [2.75, 3.05) is 11.9 Å². The Bertz CT molecular complexity index is 622. The molecule has 0 aliphatic heterocycles. The van der Waals surface area contributed by atoms with Crippen molar-refractivity contribution in [3.8, 4) is 0 Å². The highest BCUT2D eigenvalue weighted by atomic mass is 79.9. The minimum atomic E-state index is 0.741. The second-order valence-electron chi connectivity index (χ2n) is 5.73. The molecule has 2 aromatic heterocycles. The van der Waals surface area contributed by atoms with Crippen LogP contribution < -0.4 is 10.2 Å². The molecule has 0 amide bonds. The van der Waals surface area contributed by atoms with Crippen LogP contribution in [0.3, 0.4) is 0 Å². The van der Waals surface area contributed by atoms with E-state index in [0.717, 1.165) is 29.4 Å². The lowest BCUT2D eigenvalue weighted by molar-refractivity contribution is 0.685. The fraction of sp³-hybridized carbons (Fsp3) is 0.438. The molecule has 3 rings (SSSR count). The Morgan fingerprint density at radius 3 is 2.86 bits per heavy atom. The standard InChI is InChI=1S/C16H20BrN3S/c1-11-5-12(7-18-14-3-4-14)8-19-16(11)20(2)9-15-6-13(17)10-21-15/h5-6,8,10,14,18H,3-4,7,9H2,1-2H3. The maximum atomic E-state index is 4.66. The first-order valence-corrected chi connectivity index (χ1v) is 8.92. The van der Waals surface area contributed by atoms with Gasteiger partial charge >= 0.3 is 0 Å². The van der Waals surface area contributed by atoms with Crippen molar-refractivity contribution in [1.82, 2.24) is 10.3 Å². The lowest BCUT2D eigenvalue weighted by Crippen LogP contribution is -2.19. The third-order valence-electron chi connectivity index (χ3n) is 3.66. The Balaban J connectivity index is 1.65. The number of hydrogen-bond acceptors (Lipinski definition) is 4. The normalized spacial score (nSPS) is 14.4. The van der Waals surface area contributed by atoms with Gasteiger partial charge in [0.15, 0.2) is 0 Å². The van der Waals surface area contributed by atoms with Crippen LogP contribution in [0.5, 0.6) is 0 Å². The van der Waals surface area contributed by atoms with Gasteiger partial charge in [-0.3, -0.25) is 0 Å². The number of nitrogens with one attached hydrogen (secondary N) is 1. The fourth-order valence-electron chi connectivity index (χ4n) is 2.42. The van der Waals surface area contributed by atoms with Crippen molar-refractivity contribution < 1.29 is 0 Å².